The topological polar surface area (TPSA) is 130 Å². The van der Waals surface area contributed by atoms with E-state index in [1.54, 1.807) is 30.3 Å². The summed E-state index contributed by atoms with van der Waals surface area (Å²) in [5.74, 6) is -0.677. The van der Waals surface area contributed by atoms with Crippen LogP contribution in [0.5, 0.6) is 5.75 Å². The molecular formula is C32H42N6O5. The lowest BCUT2D eigenvalue weighted by molar-refractivity contribution is -0.123. The van der Waals surface area contributed by atoms with E-state index in [9.17, 15) is 14.4 Å². The summed E-state index contributed by atoms with van der Waals surface area (Å²) in [5.41, 5.74) is 2.09. The highest BCUT2D eigenvalue weighted by atomic mass is 16.5. The molecule has 1 aliphatic heterocycles. The lowest BCUT2D eigenvalue weighted by Gasteiger charge is -2.34. The van der Waals surface area contributed by atoms with E-state index in [-0.39, 0.29) is 23.6 Å². The molecule has 2 heterocycles. The van der Waals surface area contributed by atoms with E-state index in [4.69, 9.17) is 9.15 Å². The van der Waals surface area contributed by atoms with E-state index in [1.165, 1.54) is 7.11 Å². The summed E-state index contributed by atoms with van der Waals surface area (Å²) < 4.78 is 11.1. The van der Waals surface area contributed by atoms with Crippen LogP contribution >= 0.6 is 0 Å². The van der Waals surface area contributed by atoms with Crippen molar-refractivity contribution in [2.45, 2.75) is 52.1 Å². The number of ketones is 1. The van der Waals surface area contributed by atoms with Crippen LogP contribution in [0, 0.1) is 5.92 Å². The molecule has 2 N–H and O–H groups in total. The molecule has 11 heteroatoms. The standard InChI is InChI=1S/C32H42N6O5/c1-6-9-25(28(39)32-36-35-31(43-32)24-10-7-8-11-27(24)42-5)33-30(41)26(20-21(2)3)34-29(40)22-12-14-23(15-13-22)38-18-16-37(4)17-19-38/h7-8,10-15,21,25-26H,6,9,16-20H2,1-5H3,(H,33,41)(H,34,40)/t25-,26+/m0/s1. The fraction of sp³-hybridized carbons (Fsp3) is 0.469. The summed E-state index contributed by atoms with van der Waals surface area (Å²) in [6, 6.07) is 12.9. The molecule has 2 amide bonds. The van der Waals surface area contributed by atoms with Gasteiger partial charge in [0.05, 0.1) is 18.7 Å². The Balaban J connectivity index is 1.44. The molecule has 0 aliphatic carbocycles. The summed E-state index contributed by atoms with van der Waals surface area (Å²) in [6.07, 6.45) is 1.40. The van der Waals surface area contributed by atoms with Crippen LogP contribution in [-0.4, -0.2) is 85.1 Å². The fourth-order valence-corrected chi connectivity index (χ4v) is 5.06. The van der Waals surface area contributed by atoms with Gasteiger partial charge >= 0.3 is 0 Å². The third-order valence-corrected chi connectivity index (χ3v) is 7.51. The van der Waals surface area contributed by atoms with Crippen molar-refractivity contribution in [1.82, 2.24) is 25.7 Å². The molecule has 0 bridgehead atoms. The number of piperazine rings is 1. The predicted molar refractivity (Wildman–Crippen MR) is 164 cm³/mol. The van der Waals surface area contributed by atoms with E-state index in [1.807, 2.05) is 39.0 Å². The van der Waals surface area contributed by atoms with Gasteiger partial charge < -0.3 is 29.6 Å². The van der Waals surface area contributed by atoms with Crippen molar-refractivity contribution < 1.29 is 23.5 Å². The van der Waals surface area contributed by atoms with Crippen LogP contribution in [-0.2, 0) is 4.79 Å². The van der Waals surface area contributed by atoms with E-state index >= 15 is 0 Å². The average Bonchev–Trinajstić information content (AvgIpc) is 3.50. The zero-order valence-corrected chi connectivity index (χ0v) is 25.6. The van der Waals surface area contributed by atoms with E-state index in [0.29, 0.717) is 36.1 Å². The Morgan fingerprint density at radius 1 is 0.953 bits per heavy atom. The number of amides is 2. The van der Waals surface area contributed by atoms with Crippen molar-refractivity contribution in [2.24, 2.45) is 5.92 Å². The first-order valence-corrected chi connectivity index (χ1v) is 14.9. The van der Waals surface area contributed by atoms with Crippen molar-refractivity contribution in [3.05, 3.63) is 60.0 Å². The van der Waals surface area contributed by atoms with Crippen LogP contribution in [0.4, 0.5) is 5.69 Å². The number of carbonyl (C=O) groups is 3. The van der Waals surface area contributed by atoms with E-state index < -0.39 is 23.8 Å². The molecule has 4 rings (SSSR count). The molecule has 0 radical (unpaired) electrons. The van der Waals surface area contributed by atoms with E-state index in [2.05, 4.69) is 37.7 Å². The number of likely N-dealkylation sites (N-methyl/N-ethyl adjacent to an activating group) is 1. The average molecular weight is 591 g/mol. The normalized spacial score (nSPS) is 15.2. The Hall–Kier alpha value is -4.25. The monoisotopic (exact) mass is 590 g/mol. The lowest BCUT2D eigenvalue weighted by Crippen LogP contribution is -2.52. The Kier molecular flexibility index (Phi) is 10.9. The molecule has 43 heavy (non-hydrogen) atoms. The Labute approximate surface area is 253 Å². The molecule has 1 saturated heterocycles. The van der Waals surface area contributed by atoms with Gasteiger partial charge in [0.15, 0.2) is 0 Å². The van der Waals surface area contributed by atoms with Crippen molar-refractivity contribution >= 4 is 23.3 Å². The number of Topliss-reactive ketones (excluding diaryl/α,β-unsaturated/α-hetero) is 1. The van der Waals surface area contributed by atoms with Crippen LogP contribution in [0.25, 0.3) is 11.5 Å². The molecule has 11 nitrogen and oxygen atoms in total. The van der Waals surface area contributed by atoms with Gasteiger partial charge in [-0.15, -0.1) is 10.2 Å². The van der Waals surface area contributed by atoms with Gasteiger partial charge in [-0.05, 0) is 62.2 Å². The molecule has 0 spiro atoms. The smallest absolute Gasteiger partial charge is 0.286 e. The number of methoxy groups -OCH3 is 1. The number of carbonyl (C=O) groups excluding carboxylic acids is 3. The van der Waals surface area contributed by atoms with Crippen molar-refractivity contribution in [3.8, 4) is 17.2 Å². The first kappa shape index (κ1) is 31.7. The molecule has 1 aromatic heterocycles. The number of hydrogen-bond donors (Lipinski definition) is 2. The van der Waals surface area contributed by atoms with Crippen LogP contribution in [0.1, 0.15) is 61.1 Å². The van der Waals surface area contributed by atoms with E-state index in [0.717, 1.165) is 31.9 Å². The molecule has 1 fully saturated rings. The number of ether oxygens (including phenoxy) is 1. The minimum Gasteiger partial charge on any atom is -0.496 e. The van der Waals surface area contributed by atoms with Crippen molar-refractivity contribution in [3.63, 3.8) is 0 Å². The Bertz CT molecular complexity index is 1380. The number of nitrogens with one attached hydrogen (secondary N) is 2. The maximum Gasteiger partial charge on any atom is 0.286 e. The zero-order chi connectivity index (χ0) is 30.9. The second-order valence-electron chi connectivity index (χ2n) is 11.3. The maximum atomic E-state index is 13.5. The highest BCUT2D eigenvalue weighted by Crippen LogP contribution is 2.28. The molecular weight excluding hydrogens is 548 g/mol. The molecule has 1 aliphatic rings. The number of para-hydroxylation sites is 1. The highest BCUT2D eigenvalue weighted by molar-refractivity contribution is 6.01. The van der Waals surface area contributed by atoms with Gasteiger partial charge in [0, 0.05) is 37.4 Å². The van der Waals surface area contributed by atoms with Crippen LogP contribution < -0.4 is 20.3 Å². The number of nitrogens with zero attached hydrogens (tertiary/aromatic N) is 4. The summed E-state index contributed by atoms with van der Waals surface area (Å²) in [7, 11) is 3.64. The van der Waals surface area contributed by atoms with Crippen LogP contribution in [0.2, 0.25) is 0 Å². The van der Waals surface area contributed by atoms with Crippen molar-refractivity contribution in [2.75, 3.05) is 45.2 Å². The second kappa shape index (κ2) is 14.8. The number of rotatable bonds is 13. The Morgan fingerprint density at radius 2 is 1.65 bits per heavy atom. The molecule has 2 aromatic carbocycles. The van der Waals surface area contributed by atoms with Gasteiger partial charge in [-0.1, -0.05) is 39.3 Å². The minimum absolute atomic E-state index is 0.121. The number of aromatic nitrogens is 2. The number of anilines is 1. The molecule has 2 atom stereocenters. The quantitative estimate of drug-likeness (QED) is 0.286. The Morgan fingerprint density at radius 3 is 2.30 bits per heavy atom. The number of benzene rings is 2. The molecule has 3 aromatic rings. The summed E-state index contributed by atoms with van der Waals surface area (Å²) in [6.45, 7) is 9.72. The molecule has 0 saturated carbocycles. The highest BCUT2D eigenvalue weighted by Gasteiger charge is 2.31. The minimum atomic E-state index is -0.891. The first-order valence-electron chi connectivity index (χ1n) is 14.9. The molecule has 0 unspecified atom stereocenters. The zero-order valence-electron chi connectivity index (χ0n) is 25.6. The van der Waals surface area contributed by atoms with Crippen LogP contribution in [0.3, 0.4) is 0 Å². The first-order chi connectivity index (χ1) is 20.7. The second-order valence-corrected chi connectivity index (χ2v) is 11.3. The van der Waals surface area contributed by atoms with Gasteiger partial charge in [0.1, 0.15) is 11.8 Å². The van der Waals surface area contributed by atoms with Crippen LogP contribution in [0.15, 0.2) is 52.9 Å². The summed E-state index contributed by atoms with van der Waals surface area (Å²) in [4.78, 5) is 44.7. The summed E-state index contributed by atoms with van der Waals surface area (Å²) in [5, 5.41) is 13.7. The lowest BCUT2D eigenvalue weighted by atomic mass is 10.0. The van der Waals surface area contributed by atoms with Crippen molar-refractivity contribution in [1.29, 1.82) is 0 Å². The SMILES string of the molecule is CCC[C@H](NC(=O)[C@@H](CC(C)C)NC(=O)c1ccc(N2CCN(C)CC2)cc1)C(=O)c1nnc(-c2ccccc2OC)o1. The van der Waals surface area contributed by atoms with Gasteiger partial charge in [-0.2, -0.15) is 0 Å². The molecule has 230 valence electrons. The largest absolute Gasteiger partial charge is 0.496 e. The van der Waals surface area contributed by atoms with Gasteiger partial charge in [-0.3, -0.25) is 14.4 Å². The maximum absolute atomic E-state index is 13.5. The third kappa shape index (κ3) is 8.19. The summed E-state index contributed by atoms with van der Waals surface area (Å²) >= 11 is 0. The van der Waals surface area contributed by atoms with Gasteiger partial charge in [0.2, 0.25) is 11.7 Å². The van der Waals surface area contributed by atoms with Gasteiger partial charge in [0.25, 0.3) is 17.7 Å². The van der Waals surface area contributed by atoms with Gasteiger partial charge in [-0.25, -0.2) is 0 Å². The predicted octanol–water partition coefficient (Wildman–Crippen LogP) is 3.81. The third-order valence-electron chi connectivity index (χ3n) is 7.51. The fourth-order valence-electron chi connectivity index (χ4n) is 5.06. The number of hydrogen-bond acceptors (Lipinski definition) is 9.